The van der Waals surface area contributed by atoms with Crippen molar-refractivity contribution in [3.8, 4) is 11.1 Å². The molecule has 0 aliphatic heterocycles. The maximum atomic E-state index is 13.8. The van der Waals surface area contributed by atoms with Gasteiger partial charge in [-0.15, -0.1) is 0 Å². The molecule has 2 nitrogen and oxygen atoms in total. The van der Waals surface area contributed by atoms with Crippen molar-refractivity contribution >= 4 is 11.6 Å². The zero-order valence-corrected chi connectivity index (χ0v) is 10.8. The molecule has 90 valence electrons. The number of hydrogen-bond donors (Lipinski definition) is 0. The number of rotatable bonds is 2. The minimum Gasteiger partial charge on any atom is -0.275 e. The third kappa shape index (κ3) is 2.34. The molecule has 1 heterocycles. The molecule has 0 spiro atoms. The molecule has 2 rings (SSSR count). The Hall–Kier alpha value is -1.35. The summed E-state index contributed by atoms with van der Waals surface area (Å²) in [6, 6.07) is 4.57. The van der Waals surface area contributed by atoms with E-state index in [4.69, 9.17) is 11.6 Å². The van der Waals surface area contributed by atoms with Crippen molar-refractivity contribution in [2.45, 2.75) is 19.8 Å². The van der Waals surface area contributed by atoms with Crippen LogP contribution in [0.25, 0.3) is 11.1 Å². The van der Waals surface area contributed by atoms with Crippen LogP contribution < -0.4 is 0 Å². The van der Waals surface area contributed by atoms with Crippen LogP contribution in [0.3, 0.4) is 0 Å². The standard InChI is InChI=1S/C13H14ClFN2/c1-8(2)13-11(7-17(3)16-13)10-6-9(14)4-5-12(10)15/h4-8H,1-3H3. The molecular weight excluding hydrogens is 239 g/mol. The Morgan fingerprint density at radius 3 is 2.65 bits per heavy atom. The van der Waals surface area contributed by atoms with Crippen molar-refractivity contribution in [1.82, 2.24) is 9.78 Å². The van der Waals surface area contributed by atoms with E-state index in [2.05, 4.69) is 5.10 Å². The lowest BCUT2D eigenvalue weighted by molar-refractivity contribution is 0.631. The first kappa shape index (κ1) is 12.1. The van der Waals surface area contributed by atoms with Gasteiger partial charge in [0.2, 0.25) is 0 Å². The van der Waals surface area contributed by atoms with Crippen LogP contribution in [0.15, 0.2) is 24.4 Å². The third-order valence-corrected chi connectivity index (χ3v) is 2.86. The van der Waals surface area contributed by atoms with Gasteiger partial charge in [-0.1, -0.05) is 25.4 Å². The molecule has 1 aromatic carbocycles. The van der Waals surface area contributed by atoms with Crippen molar-refractivity contribution in [2.75, 3.05) is 0 Å². The summed E-state index contributed by atoms with van der Waals surface area (Å²) in [6.45, 7) is 4.07. The average Bonchev–Trinajstić information content (AvgIpc) is 2.64. The molecule has 4 heteroatoms. The Labute approximate surface area is 105 Å². The molecule has 0 radical (unpaired) electrons. The van der Waals surface area contributed by atoms with Crippen LogP contribution in [-0.4, -0.2) is 9.78 Å². The summed E-state index contributed by atoms with van der Waals surface area (Å²) in [5.41, 5.74) is 2.20. The van der Waals surface area contributed by atoms with E-state index in [9.17, 15) is 4.39 Å². The molecule has 0 aliphatic rings. The minimum absolute atomic E-state index is 0.240. The van der Waals surface area contributed by atoms with Crippen LogP contribution in [-0.2, 0) is 7.05 Å². The molecule has 0 saturated carbocycles. The molecular formula is C13H14ClFN2. The van der Waals surface area contributed by atoms with Gasteiger partial charge >= 0.3 is 0 Å². The molecule has 0 bridgehead atoms. The molecule has 0 atom stereocenters. The predicted molar refractivity (Wildman–Crippen MR) is 67.7 cm³/mol. The van der Waals surface area contributed by atoms with Crippen LogP contribution in [0.5, 0.6) is 0 Å². The Balaban J connectivity index is 2.63. The largest absolute Gasteiger partial charge is 0.275 e. The predicted octanol–water partition coefficient (Wildman–Crippen LogP) is 4.00. The fourth-order valence-electron chi connectivity index (χ4n) is 1.84. The number of hydrogen-bond acceptors (Lipinski definition) is 1. The lowest BCUT2D eigenvalue weighted by atomic mass is 10.00. The Morgan fingerprint density at radius 1 is 1.29 bits per heavy atom. The highest BCUT2D eigenvalue weighted by atomic mass is 35.5. The zero-order chi connectivity index (χ0) is 12.6. The van der Waals surface area contributed by atoms with E-state index in [-0.39, 0.29) is 11.7 Å². The minimum atomic E-state index is -0.274. The third-order valence-electron chi connectivity index (χ3n) is 2.62. The monoisotopic (exact) mass is 252 g/mol. The van der Waals surface area contributed by atoms with Crippen LogP contribution in [0.4, 0.5) is 4.39 Å². The smallest absolute Gasteiger partial charge is 0.131 e. The number of aromatic nitrogens is 2. The Kier molecular flexibility index (Phi) is 3.20. The maximum absolute atomic E-state index is 13.8. The number of halogens is 2. The quantitative estimate of drug-likeness (QED) is 0.790. The highest BCUT2D eigenvalue weighted by Crippen LogP contribution is 2.31. The lowest BCUT2D eigenvalue weighted by Crippen LogP contribution is -1.94. The molecule has 0 aliphatic carbocycles. The first-order valence-electron chi connectivity index (χ1n) is 5.48. The van der Waals surface area contributed by atoms with Crippen LogP contribution in [0, 0.1) is 5.82 Å². The van der Waals surface area contributed by atoms with Crippen molar-refractivity contribution in [3.63, 3.8) is 0 Å². The molecule has 0 N–H and O–H groups in total. The van der Waals surface area contributed by atoms with Gasteiger partial charge in [0.25, 0.3) is 0 Å². The molecule has 0 amide bonds. The van der Waals surface area contributed by atoms with E-state index in [0.717, 1.165) is 11.3 Å². The van der Waals surface area contributed by atoms with E-state index >= 15 is 0 Å². The van der Waals surface area contributed by atoms with E-state index < -0.39 is 0 Å². The second-order valence-corrected chi connectivity index (χ2v) is 4.82. The topological polar surface area (TPSA) is 17.8 Å². The van der Waals surface area contributed by atoms with Gasteiger partial charge in [0.05, 0.1) is 5.69 Å². The van der Waals surface area contributed by atoms with Gasteiger partial charge in [0.1, 0.15) is 5.82 Å². The van der Waals surface area contributed by atoms with E-state index in [1.165, 1.54) is 6.07 Å². The summed E-state index contributed by atoms with van der Waals surface area (Å²) in [6.07, 6.45) is 1.82. The lowest BCUT2D eigenvalue weighted by Gasteiger charge is -2.06. The van der Waals surface area contributed by atoms with Gasteiger partial charge in [0.15, 0.2) is 0 Å². The molecule has 2 aromatic rings. The number of nitrogens with zero attached hydrogens (tertiary/aromatic N) is 2. The first-order chi connectivity index (χ1) is 7.99. The first-order valence-corrected chi connectivity index (χ1v) is 5.86. The Bertz CT molecular complexity index is 546. The fourth-order valence-corrected chi connectivity index (χ4v) is 2.02. The maximum Gasteiger partial charge on any atom is 0.131 e. The van der Waals surface area contributed by atoms with Gasteiger partial charge in [-0.25, -0.2) is 4.39 Å². The average molecular weight is 253 g/mol. The summed E-state index contributed by atoms with van der Waals surface area (Å²) in [4.78, 5) is 0. The zero-order valence-electron chi connectivity index (χ0n) is 10.0. The summed E-state index contributed by atoms with van der Waals surface area (Å²) >= 11 is 5.91. The summed E-state index contributed by atoms with van der Waals surface area (Å²) in [5.74, 6) is -0.0334. The highest BCUT2D eigenvalue weighted by molar-refractivity contribution is 6.30. The molecule has 0 unspecified atom stereocenters. The van der Waals surface area contributed by atoms with Crippen LogP contribution in [0.1, 0.15) is 25.5 Å². The normalized spacial score (nSPS) is 11.2. The van der Waals surface area contributed by atoms with Crippen molar-refractivity contribution in [1.29, 1.82) is 0 Å². The van der Waals surface area contributed by atoms with Gasteiger partial charge in [-0.05, 0) is 24.1 Å². The molecule has 0 saturated heterocycles. The van der Waals surface area contributed by atoms with Gasteiger partial charge < -0.3 is 0 Å². The van der Waals surface area contributed by atoms with Gasteiger partial charge in [0, 0.05) is 29.4 Å². The Morgan fingerprint density at radius 2 is 2.00 bits per heavy atom. The fraction of sp³-hybridized carbons (Fsp3) is 0.308. The number of benzene rings is 1. The van der Waals surface area contributed by atoms with Crippen LogP contribution in [0.2, 0.25) is 5.02 Å². The molecule has 0 fully saturated rings. The van der Waals surface area contributed by atoms with Gasteiger partial charge in [-0.3, -0.25) is 4.68 Å². The molecule has 1 aromatic heterocycles. The highest BCUT2D eigenvalue weighted by Gasteiger charge is 2.16. The second kappa shape index (κ2) is 4.49. The SMILES string of the molecule is CC(C)c1nn(C)cc1-c1cc(Cl)ccc1F. The summed E-state index contributed by atoms with van der Waals surface area (Å²) in [5, 5.41) is 4.89. The second-order valence-electron chi connectivity index (χ2n) is 4.38. The van der Waals surface area contributed by atoms with Crippen molar-refractivity contribution in [2.24, 2.45) is 7.05 Å². The van der Waals surface area contributed by atoms with Crippen LogP contribution >= 0.6 is 11.6 Å². The van der Waals surface area contributed by atoms with Crippen molar-refractivity contribution < 1.29 is 4.39 Å². The van der Waals surface area contributed by atoms with E-state index in [1.54, 1.807) is 16.8 Å². The van der Waals surface area contributed by atoms with E-state index in [0.29, 0.717) is 10.6 Å². The summed E-state index contributed by atoms with van der Waals surface area (Å²) < 4.78 is 15.5. The number of aryl methyl sites for hydroxylation is 1. The van der Waals surface area contributed by atoms with Crippen molar-refractivity contribution in [3.05, 3.63) is 40.9 Å². The summed E-state index contributed by atoms with van der Waals surface area (Å²) in [7, 11) is 1.83. The molecule has 17 heavy (non-hydrogen) atoms. The van der Waals surface area contributed by atoms with E-state index in [1.807, 2.05) is 27.1 Å². The van der Waals surface area contributed by atoms with Gasteiger partial charge in [-0.2, -0.15) is 5.10 Å².